The molecule has 0 saturated carbocycles. The van der Waals surface area contributed by atoms with Crippen molar-refractivity contribution in [1.29, 1.82) is 0 Å². The summed E-state index contributed by atoms with van der Waals surface area (Å²) >= 11 is 1.75. The second-order valence-corrected chi connectivity index (χ2v) is 4.71. The van der Waals surface area contributed by atoms with Crippen molar-refractivity contribution in [3.8, 4) is 0 Å². The summed E-state index contributed by atoms with van der Waals surface area (Å²) in [5, 5.41) is 3.05. The summed E-state index contributed by atoms with van der Waals surface area (Å²) in [5.74, 6) is 2.53. The van der Waals surface area contributed by atoms with Gasteiger partial charge in [-0.05, 0) is 19.1 Å². The highest BCUT2D eigenvalue weighted by Gasteiger charge is 2.02. The zero-order chi connectivity index (χ0) is 12.1. The van der Waals surface area contributed by atoms with Crippen molar-refractivity contribution in [2.45, 2.75) is 17.6 Å². The molecule has 0 spiro atoms. The van der Waals surface area contributed by atoms with Crippen LogP contribution in [-0.2, 0) is 5.75 Å². The lowest BCUT2D eigenvalue weighted by atomic mass is 10.4. The Morgan fingerprint density at radius 3 is 2.65 bits per heavy atom. The van der Waals surface area contributed by atoms with Gasteiger partial charge in [0.2, 0.25) is 0 Å². The van der Waals surface area contributed by atoms with Crippen LogP contribution in [0.1, 0.15) is 11.5 Å². The molecular formula is C13H15N3S. The Kier molecular flexibility index (Phi) is 3.98. The first-order chi connectivity index (χ1) is 8.28. The lowest BCUT2D eigenvalue weighted by molar-refractivity contribution is 0.996. The molecular weight excluding hydrogens is 230 g/mol. The molecule has 1 heterocycles. The van der Waals surface area contributed by atoms with Crippen molar-refractivity contribution < 1.29 is 0 Å². The molecule has 2 aromatic rings. The molecule has 17 heavy (non-hydrogen) atoms. The SMILES string of the molecule is CNc1cc(C)nc(CSc2ccccc2)n1. The number of thioether (sulfide) groups is 1. The van der Waals surface area contributed by atoms with Gasteiger partial charge in [-0.25, -0.2) is 9.97 Å². The van der Waals surface area contributed by atoms with Gasteiger partial charge < -0.3 is 5.32 Å². The van der Waals surface area contributed by atoms with Crippen LogP contribution in [0.5, 0.6) is 0 Å². The Morgan fingerprint density at radius 2 is 1.94 bits per heavy atom. The van der Waals surface area contributed by atoms with Crippen LogP contribution < -0.4 is 5.32 Å². The number of hydrogen-bond donors (Lipinski definition) is 1. The Balaban J connectivity index is 2.06. The van der Waals surface area contributed by atoms with Gasteiger partial charge in [0, 0.05) is 23.7 Å². The molecule has 0 aliphatic carbocycles. The summed E-state index contributed by atoms with van der Waals surface area (Å²) in [4.78, 5) is 10.1. The third kappa shape index (κ3) is 3.46. The number of benzene rings is 1. The predicted molar refractivity (Wildman–Crippen MR) is 72.3 cm³/mol. The fourth-order valence-corrected chi connectivity index (χ4v) is 2.26. The van der Waals surface area contributed by atoms with E-state index in [2.05, 4.69) is 27.4 Å². The van der Waals surface area contributed by atoms with Gasteiger partial charge in [-0.1, -0.05) is 18.2 Å². The molecule has 0 aliphatic rings. The van der Waals surface area contributed by atoms with Crippen LogP contribution in [0.4, 0.5) is 5.82 Å². The largest absolute Gasteiger partial charge is 0.373 e. The molecule has 0 amide bonds. The normalized spacial score (nSPS) is 10.2. The van der Waals surface area contributed by atoms with Crippen LogP contribution >= 0.6 is 11.8 Å². The van der Waals surface area contributed by atoms with Crippen molar-refractivity contribution in [3.05, 3.63) is 47.9 Å². The fourth-order valence-electron chi connectivity index (χ4n) is 1.49. The van der Waals surface area contributed by atoms with E-state index in [0.29, 0.717) is 0 Å². The van der Waals surface area contributed by atoms with Gasteiger partial charge in [-0.15, -0.1) is 11.8 Å². The van der Waals surface area contributed by atoms with E-state index in [1.54, 1.807) is 11.8 Å². The Morgan fingerprint density at radius 1 is 1.18 bits per heavy atom. The van der Waals surface area contributed by atoms with E-state index in [9.17, 15) is 0 Å². The number of aromatic nitrogens is 2. The maximum absolute atomic E-state index is 4.42. The first-order valence-corrected chi connectivity index (χ1v) is 6.46. The minimum Gasteiger partial charge on any atom is -0.373 e. The summed E-state index contributed by atoms with van der Waals surface area (Å²) in [6.07, 6.45) is 0. The number of hydrogen-bond acceptors (Lipinski definition) is 4. The van der Waals surface area contributed by atoms with Gasteiger partial charge in [-0.2, -0.15) is 0 Å². The maximum atomic E-state index is 4.42. The molecule has 0 aliphatic heterocycles. The average molecular weight is 245 g/mol. The smallest absolute Gasteiger partial charge is 0.141 e. The maximum Gasteiger partial charge on any atom is 0.141 e. The van der Waals surface area contributed by atoms with Crippen molar-refractivity contribution in [2.24, 2.45) is 0 Å². The molecule has 1 N–H and O–H groups in total. The van der Waals surface area contributed by atoms with E-state index in [1.807, 2.05) is 38.2 Å². The lowest BCUT2D eigenvalue weighted by Crippen LogP contribution is -2.00. The molecule has 4 heteroatoms. The molecule has 88 valence electrons. The molecule has 0 fully saturated rings. The third-order valence-corrected chi connectivity index (χ3v) is 3.28. The Hall–Kier alpha value is -1.55. The highest BCUT2D eigenvalue weighted by Crippen LogP contribution is 2.21. The molecule has 1 aromatic carbocycles. The molecule has 1 aromatic heterocycles. The topological polar surface area (TPSA) is 37.8 Å². The minimum atomic E-state index is 0.792. The standard InChI is InChI=1S/C13H15N3S/c1-10-8-12(14-2)16-13(15-10)9-17-11-6-4-3-5-7-11/h3-8H,9H2,1-2H3,(H,14,15,16). The van der Waals surface area contributed by atoms with Gasteiger partial charge in [0.25, 0.3) is 0 Å². The summed E-state index contributed by atoms with van der Waals surface area (Å²) in [6.45, 7) is 1.99. The summed E-state index contributed by atoms with van der Waals surface area (Å²) in [7, 11) is 1.87. The lowest BCUT2D eigenvalue weighted by Gasteiger charge is -2.05. The van der Waals surface area contributed by atoms with Crippen LogP contribution in [0, 0.1) is 6.92 Å². The van der Waals surface area contributed by atoms with Gasteiger partial charge >= 0.3 is 0 Å². The van der Waals surface area contributed by atoms with Crippen LogP contribution in [-0.4, -0.2) is 17.0 Å². The average Bonchev–Trinajstić information content (AvgIpc) is 2.37. The highest BCUT2D eigenvalue weighted by atomic mass is 32.2. The van der Waals surface area contributed by atoms with Crippen LogP contribution in [0.15, 0.2) is 41.3 Å². The van der Waals surface area contributed by atoms with E-state index >= 15 is 0 Å². The van der Waals surface area contributed by atoms with E-state index in [1.165, 1.54) is 4.90 Å². The first-order valence-electron chi connectivity index (χ1n) is 5.48. The Bertz CT molecular complexity index is 485. The molecule has 0 unspecified atom stereocenters. The van der Waals surface area contributed by atoms with Crippen molar-refractivity contribution in [2.75, 3.05) is 12.4 Å². The van der Waals surface area contributed by atoms with Gasteiger partial charge in [0.15, 0.2) is 0 Å². The second kappa shape index (κ2) is 5.68. The predicted octanol–water partition coefficient (Wildman–Crippen LogP) is 3.12. The molecule has 0 radical (unpaired) electrons. The third-order valence-electron chi connectivity index (χ3n) is 2.27. The first kappa shape index (κ1) is 11.9. The molecule has 0 saturated heterocycles. The number of aryl methyl sites for hydroxylation is 1. The number of anilines is 1. The molecule has 2 rings (SSSR count). The fraction of sp³-hybridized carbons (Fsp3) is 0.231. The minimum absolute atomic E-state index is 0.792. The van der Waals surface area contributed by atoms with E-state index in [0.717, 1.165) is 23.1 Å². The van der Waals surface area contributed by atoms with Crippen LogP contribution in [0.25, 0.3) is 0 Å². The number of nitrogens with one attached hydrogen (secondary N) is 1. The van der Waals surface area contributed by atoms with E-state index in [-0.39, 0.29) is 0 Å². The van der Waals surface area contributed by atoms with Crippen LogP contribution in [0.3, 0.4) is 0 Å². The zero-order valence-corrected chi connectivity index (χ0v) is 10.8. The summed E-state index contributed by atoms with van der Waals surface area (Å²) < 4.78 is 0. The highest BCUT2D eigenvalue weighted by molar-refractivity contribution is 7.98. The quantitative estimate of drug-likeness (QED) is 0.840. The van der Waals surface area contributed by atoms with Gasteiger partial charge in [-0.3, -0.25) is 0 Å². The summed E-state index contributed by atoms with van der Waals surface area (Å²) in [5.41, 5.74) is 0.994. The molecule has 3 nitrogen and oxygen atoms in total. The summed E-state index contributed by atoms with van der Waals surface area (Å²) in [6, 6.07) is 12.2. The van der Waals surface area contributed by atoms with Gasteiger partial charge in [0.1, 0.15) is 11.6 Å². The number of rotatable bonds is 4. The monoisotopic (exact) mass is 245 g/mol. The Labute approximate surface area is 106 Å². The zero-order valence-electron chi connectivity index (χ0n) is 9.97. The van der Waals surface area contributed by atoms with Crippen molar-refractivity contribution >= 4 is 17.6 Å². The second-order valence-electron chi connectivity index (χ2n) is 3.66. The number of nitrogens with zero attached hydrogens (tertiary/aromatic N) is 2. The van der Waals surface area contributed by atoms with E-state index in [4.69, 9.17) is 0 Å². The van der Waals surface area contributed by atoms with Crippen LogP contribution in [0.2, 0.25) is 0 Å². The van der Waals surface area contributed by atoms with Crippen molar-refractivity contribution in [1.82, 2.24) is 9.97 Å². The van der Waals surface area contributed by atoms with Gasteiger partial charge in [0.05, 0.1) is 5.75 Å². The molecule has 0 bridgehead atoms. The van der Waals surface area contributed by atoms with E-state index < -0.39 is 0 Å². The molecule has 0 atom stereocenters. The van der Waals surface area contributed by atoms with Crippen molar-refractivity contribution in [3.63, 3.8) is 0 Å².